The summed E-state index contributed by atoms with van der Waals surface area (Å²) in [5, 5.41) is 0. The van der Waals surface area contributed by atoms with E-state index in [1.807, 2.05) is 11.9 Å². The number of likely N-dealkylation sites (N-methyl/N-ethyl adjacent to an activating group) is 1. The molecule has 0 saturated carbocycles. The largest absolute Gasteiger partial charge is 0.364 e. The minimum Gasteiger partial charge on any atom is -0.364 e. The van der Waals surface area contributed by atoms with E-state index in [-0.39, 0.29) is 6.04 Å². The van der Waals surface area contributed by atoms with Crippen molar-refractivity contribution in [2.75, 3.05) is 13.6 Å². The number of amides is 1. The summed E-state index contributed by atoms with van der Waals surface area (Å²) in [7, 11) is 1.91. The third-order valence-corrected chi connectivity index (χ3v) is 2.15. The zero-order valence-corrected chi connectivity index (χ0v) is 7.09. The van der Waals surface area contributed by atoms with Crippen LogP contribution in [0.2, 0.25) is 0 Å². The molecule has 1 aliphatic heterocycles. The molecule has 1 aliphatic rings. The van der Waals surface area contributed by atoms with Gasteiger partial charge in [-0.25, -0.2) is 4.39 Å². The summed E-state index contributed by atoms with van der Waals surface area (Å²) in [4.78, 5) is 12.4. The van der Waals surface area contributed by atoms with Gasteiger partial charge in [0.2, 0.25) is 0 Å². The Morgan fingerprint density at radius 1 is 1.75 bits per heavy atom. The molecule has 1 fully saturated rings. The molecule has 0 bridgehead atoms. The zero-order valence-electron chi connectivity index (χ0n) is 7.09. The second-order valence-corrected chi connectivity index (χ2v) is 3.07. The molecule has 0 radical (unpaired) electrons. The Bertz CT molecular complexity index is 215. The van der Waals surface area contributed by atoms with Gasteiger partial charge in [-0.2, -0.15) is 0 Å². The third kappa shape index (κ3) is 2.04. The molecule has 4 heteroatoms. The predicted molar refractivity (Wildman–Crippen MR) is 44.0 cm³/mol. The second-order valence-electron chi connectivity index (χ2n) is 3.07. The molecule has 0 spiro atoms. The average molecular weight is 172 g/mol. The second kappa shape index (κ2) is 3.67. The summed E-state index contributed by atoms with van der Waals surface area (Å²) in [6.45, 7) is 0.952. The van der Waals surface area contributed by atoms with Gasteiger partial charge in [0.25, 0.3) is 5.91 Å². The minimum absolute atomic E-state index is 0.0394. The van der Waals surface area contributed by atoms with Gasteiger partial charge in [-0.3, -0.25) is 9.69 Å². The van der Waals surface area contributed by atoms with Gasteiger partial charge in [0.15, 0.2) is 5.83 Å². The Kier molecular flexibility index (Phi) is 2.81. The van der Waals surface area contributed by atoms with Gasteiger partial charge < -0.3 is 5.73 Å². The van der Waals surface area contributed by atoms with Crippen molar-refractivity contribution in [1.82, 2.24) is 4.90 Å². The van der Waals surface area contributed by atoms with E-state index >= 15 is 0 Å². The molecule has 0 unspecified atom stereocenters. The molecule has 12 heavy (non-hydrogen) atoms. The number of primary amides is 1. The number of carbonyl (C=O) groups excluding carboxylic acids is 1. The van der Waals surface area contributed by atoms with Crippen LogP contribution in [-0.2, 0) is 4.79 Å². The summed E-state index contributed by atoms with van der Waals surface area (Å²) in [5.74, 6) is -1.80. The summed E-state index contributed by atoms with van der Waals surface area (Å²) in [6, 6.07) is 0.0394. The first-order chi connectivity index (χ1) is 5.61. The van der Waals surface area contributed by atoms with Gasteiger partial charge in [-0.1, -0.05) is 0 Å². The van der Waals surface area contributed by atoms with E-state index in [4.69, 9.17) is 5.73 Å². The van der Waals surface area contributed by atoms with E-state index in [9.17, 15) is 9.18 Å². The van der Waals surface area contributed by atoms with Crippen LogP contribution < -0.4 is 5.73 Å². The van der Waals surface area contributed by atoms with E-state index in [1.54, 1.807) is 0 Å². The quantitative estimate of drug-likeness (QED) is 0.613. The highest BCUT2D eigenvalue weighted by molar-refractivity contribution is 5.89. The molecule has 1 rings (SSSR count). The number of halogens is 1. The Hall–Kier alpha value is -0.900. The van der Waals surface area contributed by atoms with Crippen LogP contribution in [-0.4, -0.2) is 30.4 Å². The van der Waals surface area contributed by atoms with Crippen molar-refractivity contribution in [2.24, 2.45) is 5.73 Å². The first-order valence-corrected chi connectivity index (χ1v) is 3.98. The topological polar surface area (TPSA) is 46.3 Å². The Labute approximate surface area is 71.0 Å². The molecule has 68 valence electrons. The lowest BCUT2D eigenvalue weighted by molar-refractivity contribution is -0.115. The predicted octanol–water partition coefficient (Wildman–Crippen LogP) is 0.419. The Morgan fingerprint density at radius 3 is 2.83 bits per heavy atom. The lowest BCUT2D eigenvalue weighted by atomic mass is 10.2. The van der Waals surface area contributed by atoms with Crippen LogP contribution >= 0.6 is 0 Å². The van der Waals surface area contributed by atoms with Crippen LogP contribution in [0.25, 0.3) is 0 Å². The maximum atomic E-state index is 12.7. The van der Waals surface area contributed by atoms with Crippen LogP contribution in [0.4, 0.5) is 4.39 Å². The molecule has 0 aliphatic carbocycles. The van der Waals surface area contributed by atoms with Crippen LogP contribution in [0.15, 0.2) is 11.9 Å². The summed E-state index contributed by atoms with van der Waals surface area (Å²) in [6.07, 6.45) is 3.25. The Balaban J connectivity index is 2.59. The number of hydrogen-bond donors (Lipinski definition) is 1. The fourth-order valence-corrected chi connectivity index (χ4v) is 1.40. The Morgan fingerprint density at radius 2 is 2.42 bits per heavy atom. The average Bonchev–Trinajstić information content (AvgIpc) is 2.36. The van der Waals surface area contributed by atoms with Gasteiger partial charge in [0.1, 0.15) is 0 Å². The number of rotatable bonds is 2. The molecule has 1 atom stereocenters. The third-order valence-electron chi connectivity index (χ3n) is 2.15. The van der Waals surface area contributed by atoms with E-state index in [1.165, 1.54) is 6.08 Å². The fourth-order valence-electron chi connectivity index (χ4n) is 1.40. The minimum atomic E-state index is -0.977. The molecular formula is C8H13FN2O. The summed E-state index contributed by atoms with van der Waals surface area (Å²) < 4.78 is 12.7. The van der Waals surface area contributed by atoms with E-state index in [2.05, 4.69) is 0 Å². The SMILES string of the molecule is CN1CCC[C@@H]1/C=C(\F)C(N)=O. The zero-order chi connectivity index (χ0) is 9.14. The fraction of sp³-hybridized carbons (Fsp3) is 0.625. The van der Waals surface area contributed by atoms with Gasteiger partial charge in [0, 0.05) is 6.04 Å². The summed E-state index contributed by atoms with van der Waals surface area (Å²) in [5.41, 5.74) is 4.76. The van der Waals surface area contributed by atoms with Crippen molar-refractivity contribution in [2.45, 2.75) is 18.9 Å². The molecule has 1 saturated heterocycles. The molecule has 0 aromatic heterocycles. The lowest BCUT2D eigenvalue weighted by Crippen LogP contribution is -2.24. The molecule has 2 N–H and O–H groups in total. The van der Waals surface area contributed by atoms with Gasteiger partial charge in [-0.05, 0) is 32.5 Å². The standard InChI is InChI=1S/C8H13FN2O/c1-11-4-2-3-6(11)5-7(9)8(10)12/h5-6H,2-4H2,1H3,(H2,10,12)/b7-5-/t6-/m1/s1. The monoisotopic (exact) mass is 172 g/mol. The summed E-state index contributed by atoms with van der Waals surface area (Å²) >= 11 is 0. The van der Waals surface area contributed by atoms with Crippen molar-refractivity contribution < 1.29 is 9.18 Å². The smallest absolute Gasteiger partial charge is 0.277 e. The maximum absolute atomic E-state index is 12.7. The number of likely N-dealkylation sites (tertiary alicyclic amines) is 1. The van der Waals surface area contributed by atoms with Gasteiger partial charge in [-0.15, -0.1) is 0 Å². The highest BCUT2D eigenvalue weighted by Gasteiger charge is 2.20. The lowest BCUT2D eigenvalue weighted by Gasteiger charge is -2.14. The molecule has 0 aromatic carbocycles. The highest BCUT2D eigenvalue weighted by atomic mass is 19.1. The van der Waals surface area contributed by atoms with Crippen LogP contribution in [0.1, 0.15) is 12.8 Å². The molecule has 1 amide bonds. The normalized spacial score (nSPS) is 26.2. The molecule has 0 aromatic rings. The van der Waals surface area contributed by atoms with E-state index in [0.717, 1.165) is 19.4 Å². The van der Waals surface area contributed by atoms with Crippen LogP contribution in [0.3, 0.4) is 0 Å². The number of nitrogens with zero attached hydrogens (tertiary/aromatic N) is 1. The van der Waals surface area contributed by atoms with Gasteiger partial charge in [0.05, 0.1) is 0 Å². The van der Waals surface area contributed by atoms with Crippen molar-refractivity contribution in [3.63, 3.8) is 0 Å². The van der Waals surface area contributed by atoms with Crippen LogP contribution in [0.5, 0.6) is 0 Å². The maximum Gasteiger partial charge on any atom is 0.277 e. The van der Waals surface area contributed by atoms with Crippen molar-refractivity contribution in [3.8, 4) is 0 Å². The van der Waals surface area contributed by atoms with E-state index < -0.39 is 11.7 Å². The first kappa shape index (κ1) is 9.19. The van der Waals surface area contributed by atoms with Crippen LogP contribution in [0, 0.1) is 0 Å². The highest BCUT2D eigenvalue weighted by Crippen LogP contribution is 2.17. The number of nitrogens with two attached hydrogens (primary N) is 1. The van der Waals surface area contributed by atoms with Crippen molar-refractivity contribution >= 4 is 5.91 Å². The first-order valence-electron chi connectivity index (χ1n) is 3.98. The van der Waals surface area contributed by atoms with E-state index in [0.29, 0.717) is 0 Å². The van der Waals surface area contributed by atoms with Crippen molar-refractivity contribution in [3.05, 3.63) is 11.9 Å². The molecule has 1 heterocycles. The molecule has 3 nitrogen and oxygen atoms in total. The number of hydrogen-bond acceptors (Lipinski definition) is 2. The van der Waals surface area contributed by atoms with Gasteiger partial charge >= 0.3 is 0 Å². The number of carbonyl (C=O) groups is 1. The van der Waals surface area contributed by atoms with Crippen molar-refractivity contribution in [1.29, 1.82) is 0 Å². The molecular weight excluding hydrogens is 159 g/mol.